The minimum atomic E-state index is -0.330. The van der Waals surface area contributed by atoms with Crippen molar-refractivity contribution in [2.24, 2.45) is 5.73 Å². The van der Waals surface area contributed by atoms with Crippen LogP contribution in [0.25, 0.3) is 11.1 Å². The Morgan fingerprint density at radius 2 is 1.90 bits per heavy atom. The van der Waals surface area contributed by atoms with Gasteiger partial charge in [-0.2, -0.15) is 15.8 Å². The van der Waals surface area contributed by atoms with Gasteiger partial charge >= 0.3 is 0 Å². The number of hydrogen-bond donors (Lipinski definition) is 1. The molecule has 1 aliphatic heterocycles. The Kier molecular flexibility index (Phi) is 5.98. The highest BCUT2D eigenvalue weighted by Gasteiger charge is 2.38. The van der Waals surface area contributed by atoms with Gasteiger partial charge in [0.1, 0.15) is 18.2 Å². The van der Waals surface area contributed by atoms with Gasteiger partial charge in [-0.05, 0) is 43.0 Å². The summed E-state index contributed by atoms with van der Waals surface area (Å²) in [6.07, 6.45) is 7.03. The third-order valence-electron chi connectivity index (χ3n) is 4.87. The molecule has 6 nitrogen and oxygen atoms in total. The Morgan fingerprint density at radius 3 is 2.48 bits per heavy atom. The Bertz CT molecular complexity index is 1100. The molecule has 0 atom stereocenters. The number of nitrogens with two attached hydrogens (primary N) is 1. The monoisotopic (exact) mass is 401 g/mol. The van der Waals surface area contributed by atoms with Crippen LogP contribution in [0, 0.1) is 34.0 Å². The van der Waals surface area contributed by atoms with Crippen LogP contribution < -0.4 is 5.73 Å². The van der Waals surface area contributed by atoms with Gasteiger partial charge in [0.2, 0.25) is 0 Å². The van der Waals surface area contributed by atoms with E-state index in [1.54, 1.807) is 0 Å². The van der Waals surface area contributed by atoms with Crippen LogP contribution in [-0.2, 0) is 4.79 Å². The fourth-order valence-electron chi connectivity index (χ4n) is 3.36. The number of carbonyl (C=O) groups excluding carboxylic acids is 1. The Labute approximate surface area is 173 Å². The van der Waals surface area contributed by atoms with Crippen molar-refractivity contribution in [3.63, 3.8) is 0 Å². The summed E-state index contributed by atoms with van der Waals surface area (Å²) in [7, 11) is 0. The molecule has 0 saturated heterocycles. The van der Waals surface area contributed by atoms with E-state index >= 15 is 0 Å². The Morgan fingerprint density at radius 1 is 1.17 bits per heavy atom. The summed E-state index contributed by atoms with van der Waals surface area (Å²) in [6.45, 7) is 2.35. The van der Waals surface area contributed by atoms with E-state index in [4.69, 9.17) is 5.73 Å². The van der Waals surface area contributed by atoms with Crippen LogP contribution in [0.5, 0.6) is 0 Å². The van der Waals surface area contributed by atoms with Crippen molar-refractivity contribution in [3.05, 3.63) is 56.6 Å². The molecule has 7 heteroatoms. The van der Waals surface area contributed by atoms with Crippen molar-refractivity contribution in [2.45, 2.75) is 32.6 Å². The lowest BCUT2D eigenvalue weighted by Gasteiger charge is -2.18. The second-order valence-corrected chi connectivity index (χ2v) is 7.80. The van der Waals surface area contributed by atoms with Crippen molar-refractivity contribution < 1.29 is 4.79 Å². The summed E-state index contributed by atoms with van der Waals surface area (Å²) in [5.41, 5.74) is 8.08. The number of nitrogens with zero attached hydrogens (tertiary/aromatic N) is 4. The molecule has 0 aromatic carbocycles. The number of hydrogen-bond acceptors (Lipinski definition) is 6. The first-order valence-corrected chi connectivity index (χ1v) is 10.1. The van der Waals surface area contributed by atoms with Crippen molar-refractivity contribution in [1.82, 2.24) is 4.90 Å². The lowest BCUT2D eigenvalue weighted by atomic mass is 10.0. The van der Waals surface area contributed by atoms with E-state index in [1.807, 2.05) is 43.3 Å². The number of rotatable bonds is 5. The van der Waals surface area contributed by atoms with Crippen molar-refractivity contribution in [1.29, 1.82) is 15.8 Å². The number of allylic oxidation sites excluding steroid dienone is 6. The molecule has 0 radical (unpaired) electrons. The van der Waals surface area contributed by atoms with Gasteiger partial charge in [-0.3, -0.25) is 4.79 Å². The van der Waals surface area contributed by atoms with Crippen LogP contribution in [0.2, 0.25) is 0 Å². The number of thiophene rings is 1. The standard InChI is InChI=1S/C22H19N5OS/c1-2-3-10-27-21(15(11-23)12-24)17(13-25)20(22(27)28)19-9-8-18(29-19)14-4-6-16(26)7-5-14/h4,6,8-9H,2-3,5,7,10,26H2,1H3. The Hall–Kier alpha value is -3.60. The summed E-state index contributed by atoms with van der Waals surface area (Å²) in [5, 5.41) is 28.5. The van der Waals surface area contributed by atoms with Gasteiger partial charge in [-0.1, -0.05) is 19.4 Å². The molecule has 144 valence electrons. The van der Waals surface area contributed by atoms with E-state index in [0.717, 1.165) is 35.4 Å². The smallest absolute Gasteiger partial charge is 0.261 e. The van der Waals surface area contributed by atoms with Crippen molar-refractivity contribution in [2.75, 3.05) is 6.54 Å². The van der Waals surface area contributed by atoms with Gasteiger partial charge in [0.25, 0.3) is 5.91 Å². The van der Waals surface area contributed by atoms with E-state index in [9.17, 15) is 20.6 Å². The molecule has 0 spiro atoms. The summed E-state index contributed by atoms with van der Waals surface area (Å²) in [4.78, 5) is 16.3. The van der Waals surface area contributed by atoms with E-state index in [-0.39, 0.29) is 28.3 Å². The first-order chi connectivity index (χ1) is 14.0. The average molecular weight is 401 g/mol. The van der Waals surface area contributed by atoms with Gasteiger partial charge in [0.05, 0.1) is 16.8 Å². The molecule has 2 N–H and O–H groups in total. The second-order valence-electron chi connectivity index (χ2n) is 6.72. The lowest BCUT2D eigenvalue weighted by molar-refractivity contribution is -0.122. The minimum absolute atomic E-state index is 0.0966. The molecule has 0 bridgehead atoms. The van der Waals surface area contributed by atoms with E-state index < -0.39 is 0 Å². The molecule has 29 heavy (non-hydrogen) atoms. The molecule has 2 aliphatic rings. The molecule has 0 unspecified atom stereocenters. The maximum atomic E-state index is 13.2. The zero-order valence-corrected chi connectivity index (χ0v) is 16.8. The van der Waals surface area contributed by atoms with Crippen LogP contribution in [0.15, 0.2) is 46.8 Å². The maximum absolute atomic E-state index is 13.2. The number of amides is 1. The van der Waals surface area contributed by atoms with E-state index in [2.05, 4.69) is 6.07 Å². The molecular weight excluding hydrogens is 382 g/mol. The third-order valence-corrected chi connectivity index (χ3v) is 6.05. The SMILES string of the molecule is CCCCN1C(=O)C(c2ccc(C3=CC=C(N)CC3)s2)=C(C#N)C1=C(C#N)C#N. The molecule has 0 saturated carbocycles. The predicted octanol–water partition coefficient (Wildman–Crippen LogP) is 3.99. The lowest BCUT2D eigenvalue weighted by Crippen LogP contribution is -2.27. The molecule has 1 amide bonds. The Balaban J connectivity index is 2.11. The van der Waals surface area contributed by atoms with E-state index in [1.165, 1.54) is 16.2 Å². The topological polar surface area (TPSA) is 118 Å². The van der Waals surface area contributed by atoms with Gasteiger partial charge < -0.3 is 10.6 Å². The summed E-state index contributed by atoms with van der Waals surface area (Å²) in [6, 6.07) is 9.49. The molecular formula is C22H19N5OS. The van der Waals surface area contributed by atoms with Crippen LogP contribution in [0.3, 0.4) is 0 Å². The first-order valence-electron chi connectivity index (χ1n) is 9.32. The highest BCUT2D eigenvalue weighted by atomic mass is 32.1. The molecule has 1 aliphatic carbocycles. The van der Waals surface area contributed by atoms with Gasteiger partial charge in [-0.15, -0.1) is 11.3 Å². The molecule has 1 aromatic rings. The van der Waals surface area contributed by atoms with Gasteiger partial charge in [0, 0.05) is 22.0 Å². The van der Waals surface area contributed by atoms with Crippen LogP contribution in [-0.4, -0.2) is 17.4 Å². The van der Waals surface area contributed by atoms with Gasteiger partial charge in [0.15, 0.2) is 5.57 Å². The quantitative estimate of drug-likeness (QED) is 0.749. The minimum Gasteiger partial charge on any atom is -0.402 e. The molecule has 0 fully saturated rings. The second kappa shape index (κ2) is 8.61. The normalized spacial score (nSPS) is 16.1. The van der Waals surface area contributed by atoms with E-state index in [0.29, 0.717) is 17.8 Å². The zero-order chi connectivity index (χ0) is 21.0. The summed E-state index contributed by atoms with van der Waals surface area (Å²) in [5.74, 6) is -0.330. The largest absolute Gasteiger partial charge is 0.402 e. The molecule has 1 aromatic heterocycles. The number of nitriles is 3. The summed E-state index contributed by atoms with van der Waals surface area (Å²) >= 11 is 1.43. The zero-order valence-electron chi connectivity index (χ0n) is 16.0. The molecule has 2 heterocycles. The number of unbranched alkanes of at least 4 members (excludes halogenated alkanes) is 1. The third kappa shape index (κ3) is 3.72. The number of carbonyl (C=O) groups is 1. The first kappa shape index (κ1) is 20.1. The molecule has 3 rings (SSSR count). The van der Waals surface area contributed by atoms with Crippen molar-refractivity contribution in [3.8, 4) is 18.2 Å². The highest BCUT2D eigenvalue weighted by Crippen LogP contribution is 2.41. The van der Waals surface area contributed by atoms with Gasteiger partial charge in [-0.25, -0.2) is 0 Å². The fourth-order valence-corrected chi connectivity index (χ4v) is 4.46. The van der Waals surface area contributed by atoms with Crippen LogP contribution in [0.4, 0.5) is 0 Å². The predicted molar refractivity (Wildman–Crippen MR) is 111 cm³/mol. The van der Waals surface area contributed by atoms with Crippen LogP contribution >= 0.6 is 11.3 Å². The maximum Gasteiger partial charge on any atom is 0.261 e. The highest BCUT2D eigenvalue weighted by molar-refractivity contribution is 7.14. The van der Waals surface area contributed by atoms with Crippen molar-refractivity contribution >= 4 is 28.4 Å². The van der Waals surface area contributed by atoms with Crippen LogP contribution in [0.1, 0.15) is 42.4 Å². The fraction of sp³-hybridized carbons (Fsp3) is 0.273. The summed E-state index contributed by atoms with van der Waals surface area (Å²) < 4.78 is 0. The average Bonchev–Trinajstić information content (AvgIpc) is 3.31.